The number of nitrogen functional groups attached to an aromatic ring is 1. The number of carboxylic acids is 1. The number of benzene rings is 3. The highest BCUT2D eigenvalue weighted by Gasteiger charge is 2.25. The summed E-state index contributed by atoms with van der Waals surface area (Å²) in [5.74, 6) is 2.16. The molecule has 0 bridgehead atoms. The van der Waals surface area contributed by atoms with Gasteiger partial charge in [-0.05, 0) is 111 Å². The molecular formula is C35H47ClN2O5. The van der Waals surface area contributed by atoms with E-state index in [0.29, 0.717) is 17.3 Å². The average molecular weight is 611 g/mol. The average Bonchev–Trinajstić information content (AvgIpc) is 2.95. The molecule has 8 heteroatoms. The number of nitrogens with two attached hydrogens (primary N) is 1. The highest BCUT2D eigenvalue weighted by molar-refractivity contribution is 6.31. The number of aliphatic hydroxyl groups is 2. The van der Waals surface area contributed by atoms with Crippen LogP contribution in [0.25, 0.3) is 22.3 Å². The molecule has 0 atom stereocenters. The Morgan fingerprint density at radius 3 is 2.14 bits per heavy atom. The molecule has 0 aromatic heterocycles. The Bertz CT molecular complexity index is 1470. The first-order valence-electron chi connectivity index (χ1n) is 14.3. The van der Waals surface area contributed by atoms with Crippen molar-refractivity contribution >= 4 is 28.9 Å². The molecule has 234 valence electrons. The second-order valence-corrected chi connectivity index (χ2v) is 11.3. The van der Waals surface area contributed by atoms with Crippen LogP contribution in [-0.2, 0) is 11.2 Å². The zero-order valence-corrected chi connectivity index (χ0v) is 27.9. The van der Waals surface area contributed by atoms with Gasteiger partial charge in [-0.25, -0.2) is 0 Å². The van der Waals surface area contributed by atoms with Crippen molar-refractivity contribution in [3.63, 3.8) is 0 Å². The van der Waals surface area contributed by atoms with Crippen molar-refractivity contribution in [1.82, 2.24) is 0 Å². The van der Waals surface area contributed by atoms with Crippen molar-refractivity contribution in [3.8, 4) is 40.0 Å². The van der Waals surface area contributed by atoms with Gasteiger partial charge in [0.1, 0.15) is 18.5 Å². The molecule has 1 aliphatic heterocycles. The maximum atomic E-state index is 11.8. The Morgan fingerprint density at radius 1 is 1.05 bits per heavy atom. The molecule has 0 amide bonds. The molecule has 6 N–H and O–H groups in total. The van der Waals surface area contributed by atoms with Crippen LogP contribution in [0.5, 0.6) is 5.75 Å². The number of carbonyl (C=O) groups is 1. The van der Waals surface area contributed by atoms with Crippen LogP contribution in [0.1, 0.15) is 69.4 Å². The maximum absolute atomic E-state index is 11.8. The highest BCUT2D eigenvalue weighted by atomic mass is 35.5. The number of carboxylic acid groups (broad SMARTS) is 1. The lowest BCUT2D eigenvalue weighted by Gasteiger charge is -2.26. The van der Waals surface area contributed by atoms with Gasteiger partial charge in [0, 0.05) is 29.7 Å². The molecule has 0 saturated heterocycles. The van der Waals surface area contributed by atoms with Gasteiger partial charge < -0.3 is 31.1 Å². The van der Waals surface area contributed by atoms with Gasteiger partial charge in [-0.3, -0.25) is 4.79 Å². The first kappa shape index (κ1) is 37.2. The summed E-state index contributed by atoms with van der Waals surface area (Å²) in [5, 5.41) is 29.8. The van der Waals surface area contributed by atoms with Crippen LogP contribution in [0.3, 0.4) is 0 Å². The Morgan fingerprint density at radius 2 is 1.63 bits per heavy atom. The first-order chi connectivity index (χ1) is 20.1. The molecule has 3 aromatic carbocycles. The van der Waals surface area contributed by atoms with Crippen molar-refractivity contribution in [3.05, 3.63) is 63.2 Å². The highest BCUT2D eigenvalue weighted by Crippen LogP contribution is 2.45. The van der Waals surface area contributed by atoms with Gasteiger partial charge in [0.05, 0.1) is 17.7 Å². The van der Waals surface area contributed by atoms with Crippen LogP contribution in [0.4, 0.5) is 11.4 Å². The molecule has 0 saturated carbocycles. The lowest BCUT2D eigenvalue weighted by molar-refractivity contribution is -0.136. The van der Waals surface area contributed by atoms with Gasteiger partial charge >= 0.3 is 5.97 Å². The van der Waals surface area contributed by atoms with Crippen molar-refractivity contribution in [2.45, 2.75) is 81.3 Å². The fraction of sp³-hybridized carbons (Fsp3) is 0.400. The van der Waals surface area contributed by atoms with Crippen LogP contribution in [0, 0.1) is 39.7 Å². The number of hydrogen-bond acceptors (Lipinski definition) is 6. The molecule has 0 unspecified atom stereocenters. The Hall–Kier alpha value is -3.86. The third-order valence-electron chi connectivity index (χ3n) is 6.42. The summed E-state index contributed by atoms with van der Waals surface area (Å²) in [6.07, 6.45) is 1.58. The molecule has 0 aliphatic carbocycles. The monoisotopic (exact) mass is 610 g/mol. The number of aliphatic hydroxyl groups excluding tert-OH is 1. The normalized spacial score (nSPS) is 11.3. The number of aliphatic carboxylic acids is 1. The number of nitrogens with one attached hydrogen (secondary N) is 1. The fourth-order valence-electron chi connectivity index (χ4n) is 4.63. The van der Waals surface area contributed by atoms with Crippen LogP contribution in [0.15, 0.2) is 30.3 Å². The smallest absolute Gasteiger partial charge is 0.307 e. The van der Waals surface area contributed by atoms with E-state index in [1.165, 1.54) is 0 Å². The Labute approximate surface area is 262 Å². The minimum atomic E-state index is -0.889. The molecule has 0 radical (unpaired) electrons. The van der Waals surface area contributed by atoms with Gasteiger partial charge in [-0.1, -0.05) is 43.5 Å². The van der Waals surface area contributed by atoms with Gasteiger partial charge in [-0.15, -0.1) is 0 Å². The largest absolute Gasteiger partial charge is 0.490 e. The topological polar surface area (TPSA) is 125 Å². The van der Waals surface area contributed by atoms with Crippen LogP contribution in [0.2, 0.25) is 5.02 Å². The molecule has 1 heterocycles. The van der Waals surface area contributed by atoms with Crippen LogP contribution >= 0.6 is 11.6 Å². The Kier molecular flexibility index (Phi) is 14.4. The number of halogens is 1. The standard InChI is InChI=1S/C26H27ClN2O3.C4H10O.C3H4O.C2H6/c1-13-11-17(5-7-20(13)27)23-16(4)24(19(12-22(30)31)14(2)25(23)28)18-6-8-21-26(15(18)3)29-9-10-32-21;1-4(2,3)5;1-2-3-4;1-2/h5-8,11,29H,9-10,12,28H2,1-4H3,(H,30,31);5H,1-3H3;4H,1H3;1-2H3. The molecule has 43 heavy (non-hydrogen) atoms. The van der Waals surface area contributed by atoms with Gasteiger partial charge in [0.25, 0.3) is 0 Å². The van der Waals surface area contributed by atoms with E-state index in [4.69, 9.17) is 32.3 Å². The summed E-state index contributed by atoms with van der Waals surface area (Å²) in [5.41, 5.74) is 15.9. The zero-order valence-electron chi connectivity index (χ0n) is 27.1. The SMILES string of the molecule is CC.CC#CO.CC(C)(C)O.Cc1cc(-c2c(C)c(-c3ccc4c(c3C)NCCO4)c(CC(=O)O)c(C)c2N)ccc1Cl. The molecule has 0 fully saturated rings. The maximum Gasteiger partial charge on any atom is 0.307 e. The molecule has 3 aromatic rings. The fourth-order valence-corrected chi connectivity index (χ4v) is 4.75. The quantitative estimate of drug-likeness (QED) is 0.149. The van der Waals surface area contributed by atoms with E-state index >= 15 is 0 Å². The summed E-state index contributed by atoms with van der Waals surface area (Å²) < 4.78 is 5.79. The van der Waals surface area contributed by atoms with Crippen molar-refractivity contribution < 1.29 is 24.9 Å². The van der Waals surface area contributed by atoms with E-state index in [2.05, 4.69) is 11.2 Å². The summed E-state index contributed by atoms with van der Waals surface area (Å²) in [7, 11) is 0. The Balaban J connectivity index is 0.000000729. The second-order valence-electron chi connectivity index (χ2n) is 10.8. The molecule has 1 aliphatic rings. The molecule has 0 spiro atoms. The number of aryl methyl sites for hydroxylation is 1. The zero-order chi connectivity index (χ0) is 33.1. The lowest BCUT2D eigenvalue weighted by Crippen LogP contribution is -2.19. The molecular weight excluding hydrogens is 564 g/mol. The van der Waals surface area contributed by atoms with E-state index in [-0.39, 0.29) is 6.42 Å². The third kappa shape index (κ3) is 10.1. The summed E-state index contributed by atoms with van der Waals surface area (Å²) >= 11 is 6.26. The summed E-state index contributed by atoms with van der Waals surface area (Å²) in [6.45, 7) is 20.1. The van der Waals surface area contributed by atoms with E-state index < -0.39 is 11.6 Å². The van der Waals surface area contributed by atoms with Crippen LogP contribution < -0.4 is 15.8 Å². The van der Waals surface area contributed by atoms with E-state index in [1.54, 1.807) is 33.8 Å². The third-order valence-corrected chi connectivity index (χ3v) is 6.85. The van der Waals surface area contributed by atoms with Crippen molar-refractivity contribution in [2.75, 3.05) is 24.2 Å². The second kappa shape index (κ2) is 16.7. The molecule has 4 rings (SSSR count). The number of fused-ring (bicyclic) bond motifs is 1. The van der Waals surface area contributed by atoms with Crippen LogP contribution in [-0.4, -0.2) is 40.0 Å². The summed E-state index contributed by atoms with van der Waals surface area (Å²) in [6, 6.07) is 9.82. The number of ether oxygens (including phenoxy) is 1. The van der Waals surface area contributed by atoms with E-state index in [1.807, 2.05) is 71.9 Å². The van der Waals surface area contributed by atoms with Crippen molar-refractivity contribution in [2.24, 2.45) is 0 Å². The number of anilines is 2. The van der Waals surface area contributed by atoms with E-state index in [0.717, 1.165) is 68.1 Å². The van der Waals surface area contributed by atoms with Gasteiger partial charge in [0.15, 0.2) is 0 Å². The van der Waals surface area contributed by atoms with Gasteiger partial charge in [-0.2, -0.15) is 0 Å². The minimum absolute atomic E-state index is 0.105. The van der Waals surface area contributed by atoms with E-state index in [9.17, 15) is 9.90 Å². The lowest BCUT2D eigenvalue weighted by atomic mass is 9.82. The minimum Gasteiger partial charge on any atom is -0.490 e. The predicted molar refractivity (Wildman–Crippen MR) is 180 cm³/mol. The summed E-state index contributed by atoms with van der Waals surface area (Å²) in [4.78, 5) is 11.8. The predicted octanol–water partition coefficient (Wildman–Crippen LogP) is 8.06. The van der Waals surface area contributed by atoms with Crippen molar-refractivity contribution in [1.29, 1.82) is 0 Å². The molecule has 7 nitrogen and oxygen atoms in total. The number of hydrogen-bond donors (Lipinski definition) is 5. The number of rotatable bonds is 4. The first-order valence-corrected chi connectivity index (χ1v) is 14.7. The van der Waals surface area contributed by atoms with Gasteiger partial charge in [0.2, 0.25) is 0 Å².